The highest BCUT2D eigenvalue weighted by molar-refractivity contribution is 5.44. The highest BCUT2D eigenvalue weighted by atomic mass is 16.5. The highest BCUT2D eigenvalue weighted by Gasteiger charge is 2.13. The molecule has 3 aromatic rings. The lowest BCUT2D eigenvalue weighted by atomic mass is 9.96. The summed E-state index contributed by atoms with van der Waals surface area (Å²) in [4.78, 5) is 0. The molecule has 0 aliphatic rings. The fourth-order valence-corrected chi connectivity index (χ4v) is 3.09. The SMILES string of the molecule is CC(C)c1cccc(CCc2ccccc2)c1OCc1ccccc1. The smallest absolute Gasteiger partial charge is 0.126 e. The van der Waals surface area contributed by atoms with Crippen LogP contribution in [0.25, 0.3) is 0 Å². The summed E-state index contributed by atoms with van der Waals surface area (Å²) in [6, 6.07) is 27.6. The lowest BCUT2D eigenvalue weighted by Gasteiger charge is -2.18. The van der Waals surface area contributed by atoms with Gasteiger partial charge in [-0.1, -0.05) is 92.7 Å². The predicted molar refractivity (Wildman–Crippen MR) is 105 cm³/mol. The number of benzene rings is 3. The largest absolute Gasteiger partial charge is 0.488 e. The predicted octanol–water partition coefficient (Wildman–Crippen LogP) is 6.17. The Hall–Kier alpha value is -2.54. The minimum atomic E-state index is 0.447. The number of hydrogen-bond donors (Lipinski definition) is 0. The van der Waals surface area contributed by atoms with E-state index in [4.69, 9.17) is 4.74 Å². The number of rotatable bonds is 7. The van der Waals surface area contributed by atoms with E-state index >= 15 is 0 Å². The maximum absolute atomic E-state index is 6.30. The van der Waals surface area contributed by atoms with Crippen molar-refractivity contribution in [3.8, 4) is 5.75 Å². The van der Waals surface area contributed by atoms with Crippen molar-refractivity contribution in [3.05, 3.63) is 101 Å². The molecule has 0 aliphatic carbocycles. The van der Waals surface area contributed by atoms with Crippen molar-refractivity contribution < 1.29 is 4.74 Å². The van der Waals surface area contributed by atoms with E-state index in [1.807, 2.05) is 6.07 Å². The Morgan fingerprint density at radius 1 is 0.680 bits per heavy atom. The summed E-state index contributed by atoms with van der Waals surface area (Å²) in [5.74, 6) is 1.51. The molecule has 0 unspecified atom stereocenters. The van der Waals surface area contributed by atoms with Crippen molar-refractivity contribution in [3.63, 3.8) is 0 Å². The molecule has 1 heteroatoms. The van der Waals surface area contributed by atoms with E-state index in [0.717, 1.165) is 18.6 Å². The molecule has 0 spiro atoms. The fourth-order valence-electron chi connectivity index (χ4n) is 3.09. The minimum Gasteiger partial charge on any atom is -0.488 e. The van der Waals surface area contributed by atoms with Crippen molar-refractivity contribution in [2.75, 3.05) is 0 Å². The maximum atomic E-state index is 6.30. The monoisotopic (exact) mass is 330 g/mol. The van der Waals surface area contributed by atoms with Gasteiger partial charge >= 0.3 is 0 Å². The molecule has 3 aromatic carbocycles. The van der Waals surface area contributed by atoms with E-state index < -0.39 is 0 Å². The van der Waals surface area contributed by atoms with Crippen LogP contribution in [-0.2, 0) is 19.4 Å². The molecule has 0 N–H and O–H groups in total. The molecule has 0 saturated heterocycles. The van der Waals surface area contributed by atoms with Crippen molar-refractivity contribution in [2.45, 2.75) is 39.2 Å². The molecule has 0 amide bonds. The average molecular weight is 330 g/mol. The van der Waals surface area contributed by atoms with Gasteiger partial charge in [-0.15, -0.1) is 0 Å². The molecule has 0 bridgehead atoms. The second-order valence-corrected chi connectivity index (χ2v) is 6.75. The van der Waals surface area contributed by atoms with Gasteiger partial charge in [0, 0.05) is 0 Å². The van der Waals surface area contributed by atoms with Crippen molar-refractivity contribution in [2.24, 2.45) is 0 Å². The quantitative estimate of drug-likeness (QED) is 0.503. The molecular formula is C24H26O. The first-order valence-electron chi connectivity index (χ1n) is 9.06. The molecule has 128 valence electrons. The van der Waals surface area contributed by atoms with Crippen LogP contribution in [0.5, 0.6) is 5.75 Å². The number of aryl methyl sites for hydroxylation is 2. The number of para-hydroxylation sites is 1. The Kier molecular flexibility index (Phi) is 5.90. The lowest BCUT2D eigenvalue weighted by molar-refractivity contribution is 0.298. The highest BCUT2D eigenvalue weighted by Crippen LogP contribution is 2.31. The molecule has 0 radical (unpaired) electrons. The first kappa shape index (κ1) is 17.3. The normalized spacial score (nSPS) is 10.8. The molecule has 0 heterocycles. The molecule has 1 nitrogen and oxygen atoms in total. The van der Waals surface area contributed by atoms with Crippen LogP contribution >= 0.6 is 0 Å². The van der Waals surface area contributed by atoms with Crippen LogP contribution in [0.2, 0.25) is 0 Å². The first-order valence-corrected chi connectivity index (χ1v) is 9.06. The molecule has 25 heavy (non-hydrogen) atoms. The van der Waals surface area contributed by atoms with E-state index in [1.54, 1.807) is 0 Å². The average Bonchev–Trinajstić information content (AvgIpc) is 2.66. The standard InChI is InChI=1S/C24H26O/c1-19(2)23-15-9-14-22(17-16-20-10-5-3-6-11-20)24(23)25-18-21-12-7-4-8-13-21/h3-15,19H,16-18H2,1-2H3. The third-order valence-electron chi connectivity index (χ3n) is 4.50. The van der Waals surface area contributed by atoms with Gasteiger partial charge in [-0.05, 0) is 41.0 Å². The molecule has 3 rings (SSSR count). The summed E-state index contributed by atoms with van der Waals surface area (Å²) >= 11 is 0. The summed E-state index contributed by atoms with van der Waals surface area (Å²) in [7, 11) is 0. The van der Waals surface area contributed by atoms with Crippen molar-refractivity contribution >= 4 is 0 Å². The Balaban J connectivity index is 1.80. The molecule has 0 aromatic heterocycles. The van der Waals surface area contributed by atoms with Crippen molar-refractivity contribution in [1.82, 2.24) is 0 Å². The molecule has 0 aliphatic heterocycles. The summed E-state index contributed by atoms with van der Waals surface area (Å²) in [6.45, 7) is 5.07. The Morgan fingerprint density at radius 3 is 1.96 bits per heavy atom. The third kappa shape index (κ3) is 4.73. The summed E-state index contributed by atoms with van der Waals surface area (Å²) in [5.41, 5.74) is 5.16. The van der Waals surface area contributed by atoms with Crippen LogP contribution in [0.1, 0.15) is 42.0 Å². The third-order valence-corrected chi connectivity index (χ3v) is 4.50. The molecule has 0 fully saturated rings. The van der Waals surface area contributed by atoms with E-state index in [1.165, 1.54) is 22.3 Å². The zero-order chi connectivity index (χ0) is 17.5. The molecular weight excluding hydrogens is 304 g/mol. The molecule has 0 atom stereocenters. The van der Waals surface area contributed by atoms with Gasteiger partial charge in [0.15, 0.2) is 0 Å². The Bertz CT molecular complexity index is 776. The van der Waals surface area contributed by atoms with Crippen LogP contribution in [0.4, 0.5) is 0 Å². The second-order valence-electron chi connectivity index (χ2n) is 6.75. The molecule has 0 saturated carbocycles. The van der Waals surface area contributed by atoms with Gasteiger partial charge in [-0.25, -0.2) is 0 Å². The zero-order valence-corrected chi connectivity index (χ0v) is 15.1. The van der Waals surface area contributed by atoms with Gasteiger partial charge in [-0.3, -0.25) is 0 Å². The second kappa shape index (κ2) is 8.53. The van der Waals surface area contributed by atoms with E-state index in [2.05, 4.69) is 86.6 Å². The van der Waals surface area contributed by atoms with Gasteiger partial charge in [0.25, 0.3) is 0 Å². The van der Waals surface area contributed by atoms with E-state index in [-0.39, 0.29) is 0 Å². The topological polar surface area (TPSA) is 9.23 Å². The van der Waals surface area contributed by atoms with Gasteiger partial charge in [0.2, 0.25) is 0 Å². The summed E-state index contributed by atoms with van der Waals surface area (Å²) in [6.07, 6.45) is 2.03. The van der Waals surface area contributed by atoms with Crippen LogP contribution in [0.15, 0.2) is 78.9 Å². The van der Waals surface area contributed by atoms with Crippen LogP contribution in [0, 0.1) is 0 Å². The van der Waals surface area contributed by atoms with Gasteiger partial charge < -0.3 is 4.74 Å². The number of ether oxygens (including phenoxy) is 1. The van der Waals surface area contributed by atoms with E-state index in [0.29, 0.717) is 12.5 Å². The van der Waals surface area contributed by atoms with E-state index in [9.17, 15) is 0 Å². The Morgan fingerprint density at radius 2 is 1.32 bits per heavy atom. The number of hydrogen-bond acceptors (Lipinski definition) is 1. The van der Waals surface area contributed by atoms with Crippen LogP contribution < -0.4 is 4.74 Å². The van der Waals surface area contributed by atoms with Gasteiger partial charge in [0.05, 0.1) is 0 Å². The Labute approximate surface area is 151 Å². The minimum absolute atomic E-state index is 0.447. The summed E-state index contributed by atoms with van der Waals surface area (Å²) in [5, 5.41) is 0. The van der Waals surface area contributed by atoms with Gasteiger partial charge in [0.1, 0.15) is 12.4 Å². The van der Waals surface area contributed by atoms with Crippen LogP contribution in [0.3, 0.4) is 0 Å². The lowest BCUT2D eigenvalue weighted by Crippen LogP contribution is -2.04. The zero-order valence-electron chi connectivity index (χ0n) is 15.1. The first-order chi connectivity index (χ1) is 12.2. The van der Waals surface area contributed by atoms with Crippen LogP contribution in [-0.4, -0.2) is 0 Å². The van der Waals surface area contributed by atoms with Crippen molar-refractivity contribution in [1.29, 1.82) is 0 Å². The summed E-state index contributed by atoms with van der Waals surface area (Å²) < 4.78 is 6.30. The fraction of sp³-hybridized carbons (Fsp3) is 0.250. The maximum Gasteiger partial charge on any atom is 0.126 e. The van der Waals surface area contributed by atoms with Gasteiger partial charge in [-0.2, -0.15) is 0 Å².